The Hall–Kier alpha value is -1.85. The fourth-order valence-corrected chi connectivity index (χ4v) is 6.21. The second kappa shape index (κ2) is 6.10. The van der Waals surface area contributed by atoms with Crippen molar-refractivity contribution >= 4 is 18.5 Å². The first kappa shape index (κ1) is 15.1. The Balaban J connectivity index is 2.23. The van der Waals surface area contributed by atoms with Crippen LogP contribution in [0.4, 0.5) is 0 Å². The van der Waals surface area contributed by atoms with Crippen LogP contribution in [0.1, 0.15) is 13.8 Å². The Kier molecular flexibility index (Phi) is 4.18. The molecule has 0 heterocycles. The Labute approximate surface area is 133 Å². The first-order valence-electron chi connectivity index (χ1n) is 7.65. The summed E-state index contributed by atoms with van der Waals surface area (Å²) in [6, 6.07) is 18.3. The molecule has 0 saturated heterocycles. The van der Waals surface area contributed by atoms with Gasteiger partial charge in [-0.1, -0.05) is 86.7 Å². The maximum atomic E-state index is 10.5. The number of hydrogen-bond donors (Lipinski definition) is 1. The minimum atomic E-state index is -0.720. The summed E-state index contributed by atoms with van der Waals surface area (Å²) in [6.45, 7) is 4.52. The summed E-state index contributed by atoms with van der Waals surface area (Å²) in [5, 5.41) is 12.8. The molecule has 0 fully saturated rings. The highest BCUT2D eigenvalue weighted by Crippen LogP contribution is 2.56. The summed E-state index contributed by atoms with van der Waals surface area (Å²) in [5.74, 6) is 0.847. The van der Waals surface area contributed by atoms with Crippen molar-refractivity contribution in [1.82, 2.24) is 0 Å². The van der Waals surface area contributed by atoms with E-state index in [9.17, 15) is 5.11 Å². The van der Waals surface area contributed by atoms with Gasteiger partial charge in [0.15, 0.2) is 0 Å². The molecule has 0 aliphatic heterocycles. The minimum absolute atomic E-state index is 0.0461. The van der Waals surface area contributed by atoms with E-state index in [1.165, 1.54) is 5.30 Å². The molecule has 1 aliphatic rings. The van der Waals surface area contributed by atoms with Crippen molar-refractivity contribution in [3.05, 3.63) is 78.9 Å². The van der Waals surface area contributed by atoms with Crippen LogP contribution >= 0.6 is 7.92 Å². The van der Waals surface area contributed by atoms with Gasteiger partial charge >= 0.3 is 0 Å². The van der Waals surface area contributed by atoms with Gasteiger partial charge in [-0.15, -0.1) is 0 Å². The standard InChI is InChI=1S/C20H21OP/c1-16(2)20(14-8-9-15-20)22(17-10-4-3-5-11-17)19-13-7-6-12-18(19)21/h3-16,21H,1-2H3. The lowest BCUT2D eigenvalue weighted by atomic mass is 9.96. The molecule has 2 heteroatoms. The van der Waals surface area contributed by atoms with E-state index in [0.717, 1.165) is 5.30 Å². The highest BCUT2D eigenvalue weighted by molar-refractivity contribution is 7.75. The van der Waals surface area contributed by atoms with Crippen molar-refractivity contribution in [2.75, 3.05) is 0 Å². The zero-order chi connectivity index (χ0) is 15.6. The third-order valence-electron chi connectivity index (χ3n) is 4.29. The van der Waals surface area contributed by atoms with Crippen molar-refractivity contribution in [1.29, 1.82) is 0 Å². The van der Waals surface area contributed by atoms with Crippen LogP contribution in [0.5, 0.6) is 5.75 Å². The maximum Gasteiger partial charge on any atom is 0.123 e. The molecular weight excluding hydrogens is 287 g/mol. The lowest BCUT2D eigenvalue weighted by Gasteiger charge is -2.39. The van der Waals surface area contributed by atoms with Gasteiger partial charge in [0, 0.05) is 10.5 Å². The number of hydrogen-bond acceptors (Lipinski definition) is 1. The third-order valence-corrected chi connectivity index (χ3v) is 7.55. The van der Waals surface area contributed by atoms with Gasteiger partial charge in [-0.05, 0) is 25.2 Å². The second-order valence-corrected chi connectivity index (χ2v) is 8.36. The molecule has 1 unspecified atom stereocenters. The van der Waals surface area contributed by atoms with Gasteiger partial charge in [0.2, 0.25) is 0 Å². The van der Waals surface area contributed by atoms with E-state index < -0.39 is 7.92 Å². The van der Waals surface area contributed by atoms with Crippen LogP contribution < -0.4 is 10.6 Å². The number of para-hydroxylation sites is 1. The van der Waals surface area contributed by atoms with E-state index in [-0.39, 0.29) is 5.16 Å². The van der Waals surface area contributed by atoms with Gasteiger partial charge in [0.1, 0.15) is 5.75 Å². The molecule has 0 spiro atoms. The topological polar surface area (TPSA) is 20.2 Å². The largest absolute Gasteiger partial charge is 0.507 e. The Morgan fingerprint density at radius 2 is 1.45 bits per heavy atom. The summed E-state index contributed by atoms with van der Waals surface area (Å²) in [4.78, 5) is 0. The highest BCUT2D eigenvalue weighted by atomic mass is 31.1. The second-order valence-electron chi connectivity index (χ2n) is 5.92. The zero-order valence-corrected chi connectivity index (χ0v) is 13.9. The van der Waals surface area contributed by atoms with E-state index in [0.29, 0.717) is 11.7 Å². The summed E-state index contributed by atoms with van der Waals surface area (Å²) in [6.07, 6.45) is 8.89. The molecule has 1 aliphatic carbocycles. The van der Waals surface area contributed by atoms with Gasteiger partial charge in [-0.25, -0.2) is 0 Å². The van der Waals surface area contributed by atoms with Gasteiger partial charge in [0.25, 0.3) is 0 Å². The molecule has 0 saturated carbocycles. The Bertz CT molecular complexity index is 689. The van der Waals surface area contributed by atoms with Crippen molar-refractivity contribution < 1.29 is 5.11 Å². The average Bonchev–Trinajstić information content (AvgIpc) is 3.01. The molecule has 0 bridgehead atoms. The number of aromatic hydroxyl groups is 1. The fraction of sp³-hybridized carbons (Fsp3) is 0.200. The van der Waals surface area contributed by atoms with Gasteiger partial charge in [-0.2, -0.15) is 0 Å². The third kappa shape index (κ3) is 2.51. The molecule has 0 aromatic heterocycles. The maximum absolute atomic E-state index is 10.5. The highest BCUT2D eigenvalue weighted by Gasteiger charge is 2.41. The molecule has 112 valence electrons. The molecule has 3 rings (SSSR count). The zero-order valence-electron chi connectivity index (χ0n) is 13.0. The van der Waals surface area contributed by atoms with Crippen molar-refractivity contribution in [2.45, 2.75) is 19.0 Å². The lowest BCUT2D eigenvalue weighted by Crippen LogP contribution is -2.35. The van der Waals surface area contributed by atoms with E-state index in [1.54, 1.807) is 6.07 Å². The molecular formula is C20H21OP. The summed E-state index contributed by atoms with van der Waals surface area (Å²) < 4.78 is 0. The number of allylic oxidation sites excluding steroid dienone is 4. The number of benzene rings is 2. The van der Waals surface area contributed by atoms with Crippen molar-refractivity contribution in [3.8, 4) is 5.75 Å². The normalized spacial score (nSPS) is 17.0. The van der Waals surface area contributed by atoms with Crippen LogP contribution in [0.15, 0.2) is 78.9 Å². The molecule has 1 atom stereocenters. The van der Waals surface area contributed by atoms with Crippen LogP contribution in [-0.4, -0.2) is 10.3 Å². The smallest absolute Gasteiger partial charge is 0.123 e. The first-order chi connectivity index (χ1) is 10.6. The van der Waals surface area contributed by atoms with Gasteiger partial charge in [0.05, 0.1) is 0 Å². The fourth-order valence-electron chi connectivity index (χ4n) is 3.07. The number of phenols is 1. The molecule has 1 N–H and O–H groups in total. The minimum Gasteiger partial charge on any atom is -0.507 e. The van der Waals surface area contributed by atoms with Gasteiger partial charge in [-0.3, -0.25) is 0 Å². The Morgan fingerprint density at radius 3 is 2.05 bits per heavy atom. The van der Waals surface area contributed by atoms with E-state index in [1.807, 2.05) is 18.2 Å². The lowest BCUT2D eigenvalue weighted by molar-refractivity contribution is 0.479. The predicted molar refractivity (Wildman–Crippen MR) is 96.6 cm³/mol. The number of phenolic OH excluding ortho intramolecular Hbond substituents is 1. The Morgan fingerprint density at radius 1 is 0.864 bits per heavy atom. The molecule has 2 aromatic carbocycles. The first-order valence-corrected chi connectivity index (χ1v) is 8.99. The summed E-state index contributed by atoms with van der Waals surface area (Å²) in [5.41, 5.74) is 0. The van der Waals surface area contributed by atoms with Crippen molar-refractivity contribution in [3.63, 3.8) is 0 Å². The number of rotatable bonds is 4. The molecule has 22 heavy (non-hydrogen) atoms. The van der Waals surface area contributed by atoms with E-state index in [2.05, 4.69) is 68.5 Å². The molecule has 0 radical (unpaired) electrons. The average molecular weight is 308 g/mol. The molecule has 1 nitrogen and oxygen atoms in total. The van der Waals surface area contributed by atoms with Crippen LogP contribution in [0, 0.1) is 5.92 Å². The quantitative estimate of drug-likeness (QED) is 0.833. The monoisotopic (exact) mass is 308 g/mol. The van der Waals surface area contributed by atoms with Gasteiger partial charge < -0.3 is 5.11 Å². The van der Waals surface area contributed by atoms with E-state index >= 15 is 0 Å². The summed E-state index contributed by atoms with van der Waals surface area (Å²) in [7, 11) is -0.720. The van der Waals surface area contributed by atoms with Crippen LogP contribution in [-0.2, 0) is 0 Å². The van der Waals surface area contributed by atoms with Crippen LogP contribution in [0.25, 0.3) is 0 Å². The van der Waals surface area contributed by atoms with Crippen LogP contribution in [0.3, 0.4) is 0 Å². The molecule has 2 aromatic rings. The predicted octanol–water partition coefficient (Wildman–Crippen LogP) is 4.35. The van der Waals surface area contributed by atoms with Crippen molar-refractivity contribution in [2.24, 2.45) is 5.92 Å². The summed E-state index contributed by atoms with van der Waals surface area (Å²) >= 11 is 0. The van der Waals surface area contributed by atoms with E-state index in [4.69, 9.17) is 0 Å². The van der Waals surface area contributed by atoms with Crippen LogP contribution in [0.2, 0.25) is 0 Å². The SMILES string of the molecule is CC(C)C1(P(c2ccccc2)c2ccccc2O)C=CC=C1. The molecule has 0 amide bonds.